The van der Waals surface area contributed by atoms with Gasteiger partial charge in [-0.25, -0.2) is 29.2 Å². The standard InChI is InChI=1S/C15H13N9O3/c1-7-3-4-16-15-22-12(23-24(7)15)14(26)27-8(2)13(25)21-11-9-10(18-5-17-9)19-6-20-11/h3-6,8H,1-2H3,(H2,17,18,19,20,21,25)/t8-/m0/s1. The van der Waals surface area contributed by atoms with Crippen molar-refractivity contribution in [3.05, 3.63) is 36.4 Å². The largest absolute Gasteiger partial charge is 0.447 e. The number of esters is 1. The molecule has 0 aliphatic heterocycles. The fourth-order valence-corrected chi connectivity index (χ4v) is 2.34. The van der Waals surface area contributed by atoms with Gasteiger partial charge in [-0.1, -0.05) is 0 Å². The number of fused-ring (bicyclic) bond motifs is 2. The maximum Gasteiger partial charge on any atom is 0.379 e. The predicted molar refractivity (Wildman–Crippen MR) is 90.7 cm³/mol. The molecule has 0 radical (unpaired) electrons. The van der Waals surface area contributed by atoms with Crippen molar-refractivity contribution in [2.24, 2.45) is 0 Å². The van der Waals surface area contributed by atoms with Crippen LogP contribution in [0.25, 0.3) is 16.9 Å². The molecular formula is C15H13N9O3. The Morgan fingerprint density at radius 1 is 1.26 bits per heavy atom. The summed E-state index contributed by atoms with van der Waals surface area (Å²) in [6.07, 6.45) is 3.16. The molecule has 0 aliphatic rings. The summed E-state index contributed by atoms with van der Waals surface area (Å²) in [6.45, 7) is 3.23. The highest BCUT2D eigenvalue weighted by molar-refractivity contribution is 6.00. The maximum absolute atomic E-state index is 12.3. The van der Waals surface area contributed by atoms with Crippen molar-refractivity contribution < 1.29 is 14.3 Å². The van der Waals surface area contributed by atoms with E-state index >= 15 is 0 Å². The smallest absolute Gasteiger partial charge is 0.379 e. The summed E-state index contributed by atoms with van der Waals surface area (Å²) in [4.78, 5) is 47.4. The number of nitrogens with one attached hydrogen (secondary N) is 2. The van der Waals surface area contributed by atoms with E-state index in [0.29, 0.717) is 11.2 Å². The number of hydrogen-bond donors (Lipinski definition) is 2. The summed E-state index contributed by atoms with van der Waals surface area (Å²) < 4.78 is 6.56. The third-order valence-electron chi connectivity index (χ3n) is 3.73. The third kappa shape index (κ3) is 3.03. The Kier molecular flexibility index (Phi) is 3.91. The number of carbonyl (C=O) groups excluding carboxylic acids is 2. The molecule has 0 fully saturated rings. The second-order valence-electron chi connectivity index (χ2n) is 5.59. The highest BCUT2D eigenvalue weighted by atomic mass is 16.5. The fraction of sp³-hybridized carbons (Fsp3) is 0.200. The van der Waals surface area contributed by atoms with Gasteiger partial charge in [-0.15, -0.1) is 5.10 Å². The number of aryl methyl sites for hydroxylation is 1. The van der Waals surface area contributed by atoms with Gasteiger partial charge in [0.2, 0.25) is 0 Å². The maximum atomic E-state index is 12.3. The average molecular weight is 367 g/mol. The first-order chi connectivity index (χ1) is 13.0. The molecule has 0 unspecified atom stereocenters. The van der Waals surface area contributed by atoms with Crippen LogP contribution in [0.15, 0.2) is 24.9 Å². The van der Waals surface area contributed by atoms with Crippen LogP contribution in [0, 0.1) is 6.92 Å². The van der Waals surface area contributed by atoms with Crippen LogP contribution in [0.1, 0.15) is 23.2 Å². The molecule has 0 bridgehead atoms. The first-order valence-electron chi connectivity index (χ1n) is 7.87. The Bertz CT molecular complexity index is 1170. The van der Waals surface area contributed by atoms with Gasteiger partial charge in [-0.05, 0) is 19.9 Å². The SMILES string of the molecule is Cc1ccnc2nc(C(=O)O[C@@H](C)C(=O)Nc3ncnc4nc[nH]c34)nn12. The van der Waals surface area contributed by atoms with Crippen LogP contribution in [0.5, 0.6) is 0 Å². The minimum atomic E-state index is -1.11. The molecule has 0 spiro atoms. The van der Waals surface area contributed by atoms with Crippen LogP contribution < -0.4 is 5.32 Å². The van der Waals surface area contributed by atoms with Crippen molar-refractivity contribution in [2.75, 3.05) is 5.32 Å². The Morgan fingerprint density at radius 3 is 2.93 bits per heavy atom. The summed E-state index contributed by atoms with van der Waals surface area (Å²) in [5.41, 5.74) is 1.62. The number of aromatic amines is 1. The second-order valence-corrected chi connectivity index (χ2v) is 5.59. The number of carbonyl (C=O) groups is 2. The molecule has 0 aromatic carbocycles. The molecule has 2 N–H and O–H groups in total. The molecule has 12 nitrogen and oxygen atoms in total. The topological polar surface area (TPSA) is 153 Å². The highest BCUT2D eigenvalue weighted by Crippen LogP contribution is 2.15. The van der Waals surface area contributed by atoms with Gasteiger partial charge in [0.25, 0.3) is 17.5 Å². The summed E-state index contributed by atoms with van der Waals surface area (Å²) in [5.74, 6) is -1.10. The minimum absolute atomic E-state index is 0.186. The molecule has 0 saturated carbocycles. The summed E-state index contributed by atoms with van der Waals surface area (Å²) in [7, 11) is 0. The number of nitrogens with zero attached hydrogens (tertiary/aromatic N) is 7. The van der Waals surface area contributed by atoms with E-state index in [4.69, 9.17) is 4.74 Å². The lowest BCUT2D eigenvalue weighted by Gasteiger charge is -2.12. The molecule has 0 aliphatic carbocycles. The molecule has 136 valence electrons. The molecule has 4 rings (SSSR count). The van der Waals surface area contributed by atoms with Gasteiger partial charge in [-0.2, -0.15) is 4.98 Å². The summed E-state index contributed by atoms with van der Waals surface area (Å²) in [6, 6.07) is 1.73. The number of H-pyrrole nitrogens is 1. The molecule has 4 heterocycles. The molecule has 4 aromatic heterocycles. The minimum Gasteiger partial charge on any atom is -0.447 e. The van der Waals surface area contributed by atoms with Crippen molar-refractivity contribution in [1.82, 2.24) is 39.5 Å². The fourth-order valence-electron chi connectivity index (χ4n) is 2.34. The normalized spacial score (nSPS) is 12.2. The average Bonchev–Trinajstić information content (AvgIpc) is 3.29. The van der Waals surface area contributed by atoms with Crippen LogP contribution in [0.4, 0.5) is 5.82 Å². The number of hydrogen-bond acceptors (Lipinski definition) is 9. The van der Waals surface area contributed by atoms with Crippen LogP contribution in [0.3, 0.4) is 0 Å². The lowest BCUT2D eigenvalue weighted by molar-refractivity contribution is -0.123. The number of amides is 1. The van der Waals surface area contributed by atoms with E-state index < -0.39 is 18.0 Å². The summed E-state index contributed by atoms with van der Waals surface area (Å²) >= 11 is 0. The van der Waals surface area contributed by atoms with E-state index in [1.807, 2.05) is 0 Å². The van der Waals surface area contributed by atoms with Gasteiger partial charge in [0, 0.05) is 11.9 Å². The van der Waals surface area contributed by atoms with Gasteiger partial charge in [-0.3, -0.25) is 4.79 Å². The first-order valence-corrected chi connectivity index (χ1v) is 7.87. The lowest BCUT2D eigenvalue weighted by atomic mass is 10.3. The van der Waals surface area contributed by atoms with Crippen LogP contribution >= 0.6 is 0 Å². The zero-order valence-electron chi connectivity index (χ0n) is 14.2. The van der Waals surface area contributed by atoms with Gasteiger partial charge < -0.3 is 15.0 Å². The Labute approximate surface area is 151 Å². The Morgan fingerprint density at radius 2 is 2.11 bits per heavy atom. The van der Waals surface area contributed by atoms with Gasteiger partial charge in [0.1, 0.15) is 11.8 Å². The van der Waals surface area contributed by atoms with Gasteiger partial charge >= 0.3 is 5.97 Å². The van der Waals surface area contributed by atoms with Crippen molar-refractivity contribution in [3.8, 4) is 0 Å². The van der Waals surface area contributed by atoms with Crippen molar-refractivity contribution in [2.45, 2.75) is 20.0 Å². The van der Waals surface area contributed by atoms with E-state index in [2.05, 4.69) is 40.3 Å². The molecule has 27 heavy (non-hydrogen) atoms. The zero-order chi connectivity index (χ0) is 19.0. The third-order valence-corrected chi connectivity index (χ3v) is 3.73. The van der Waals surface area contributed by atoms with E-state index in [0.717, 1.165) is 5.69 Å². The van der Waals surface area contributed by atoms with Crippen molar-refractivity contribution >= 4 is 34.6 Å². The number of imidazole rings is 1. The van der Waals surface area contributed by atoms with E-state index in [-0.39, 0.29) is 17.4 Å². The zero-order valence-corrected chi connectivity index (χ0v) is 14.2. The molecule has 0 saturated heterocycles. The quantitative estimate of drug-likeness (QED) is 0.484. The Balaban J connectivity index is 1.48. The van der Waals surface area contributed by atoms with E-state index in [9.17, 15) is 9.59 Å². The van der Waals surface area contributed by atoms with Crippen molar-refractivity contribution in [1.29, 1.82) is 0 Å². The number of rotatable bonds is 4. The number of ether oxygens (including phenoxy) is 1. The predicted octanol–water partition coefficient (Wildman–Crippen LogP) is 0.283. The molecule has 4 aromatic rings. The molecule has 1 amide bonds. The first kappa shape index (κ1) is 16.5. The van der Waals surface area contributed by atoms with E-state index in [1.165, 1.54) is 24.1 Å². The van der Waals surface area contributed by atoms with Crippen LogP contribution in [-0.2, 0) is 9.53 Å². The van der Waals surface area contributed by atoms with E-state index in [1.54, 1.807) is 19.2 Å². The Hall–Kier alpha value is -3.96. The number of aromatic nitrogens is 8. The monoisotopic (exact) mass is 367 g/mol. The lowest BCUT2D eigenvalue weighted by Crippen LogP contribution is -2.30. The van der Waals surface area contributed by atoms with Crippen LogP contribution in [-0.4, -0.2) is 57.5 Å². The van der Waals surface area contributed by atoms with Gasteiger partial charge in [0.05, 0.1) is 6.33 Å². The molecular weight excluding hydrogens is 354 g/mol. The molecule has 1 atom stereocenters. The highest BCUT2D eigenvalue weighted by Gasteiger charge is 2.23. The summed E-state index contributed by atoms with van der Waals surface area (Å²) in [5, 5.41) is 6.61. The number of anilines is 1. The van der Waals surface area contributed by atoms with Gasteiger partial charge in [0.15, 0.2) is 17.6 Å². The second kappa shape index (κ2) is 6.40. The molecule has 12 heteroatoms. The van der Waals surface area contributed by atoms with Crippen LogP contribution in [0.2, 0.25) is 0 Å². The van der Waals surface area contributed by atoms with Crippen molar-refractivity contribution in [3.63, 3.8) is 0 Å².